The first-order valence-corrected chi connectivity index (χ1v) is 11.7. The van der Waals surface area contributed by atoms with Gasteiger partial charge in [0.15, 0.2) is 0 Å². The number of carbonyl (C=O) groups is 2. The highest BCUT2D eigenvalue weighted by molar-refractivity contribution is 7.89. The molecule has 170 valence electrons. The van der Waals surface area contributed by atoms with E-state index in [0.717, 1.165) is 24.3 Å². The maximum absolute atomic E-state index is 11.9. The highest BCUT2D eigenvalue weighted by Crippen LogP contribution is 2.16. The van der Waals surface area contributed by atoms with Crippen molar-refractivity contribution in [2.24, 2.45) is 10.3 Å². The number of esters is 2. The van der Waals surface area contributed by atoms with E-state index in [1.165, 1.54) is 0 Å². The Hall–Kier alpha value is -3.46. The molecule has 0 saturated heterocycles. The van der Waals surface area contributed by atoms with Crippen molar-refractivity contribution < 1.29 is 44.7 Å². The van der Waals surface area contributed by atoms with Crippen molar-refractivity contribution in [2.75, 3.05) is 0 Å². The summed E-state index contributed by atoms with van der Waals surface area (Å²) in [5, 5.41) is 8.70. The molecular formula is C18H16N2O10S2. The van der Waals surface area contributed by atoms with Crippen molar-refractivity contribution in [3.63, 3.8) is 0 Å². The van der Waals surface area contributed by atoms with Crippen LogP contribution in [0.3, 0.4) is 0 Å². The Morgan fingerprint density at radius 3 is 1.28 bits per heavy atom. The van der Waals surface area contributed by atoms with Crippen LogP contribution in [0.2, 0.25) is 0 Å². The number of carbonyl (C=O) groups excluding carboxylic acids is 2. The molecule has 0 amide bonds. The van der Waals surface area contributed by atoms with Crippen LogP contribution < -0.4 is 10.3 Å². The van der Waals surface area contributed by atoms with E-state index in [1.807, 2.05) is 0 Å². The molecule has 0 bridgehead atoms. The number of nitrogens with two attached hydrogens (primary N) is 2. The summed E-state index contributed by atoms with van der Waals surface area (Å²) in [5.41, 5.74) is 1.19. The van der Waals surface area contributed by atoms with Crippen molar-refractivity contribution >= 4 is 32.0 Å². The maximum atomic E-state index is 11.9. The summed E-state index contributed by atoms with van der Waals surface area (Å²) in [6, 6.07) is 10.8. The molecule has 0 aliphatic carbocycles. The van der Waals surface area contributed by atoms with Crippen LogP contribution in [0.25, 0.3) is 0 Å². The second-order valence-corrected chi connectivity index (χ2v) is 9.28. The zero-order chi connectivity index (χ0) is 23.5. The number of furan rings is 2. The van der Waals surface area contributed by atoms with Gasteiger partial charge in [0.25, 0.3) is 20.0 Å². The van der Waals surface area contributed by atoms with E-state index >= 15 is 0 Å². The molecule has 2 heterocycles. The molecule has 32 heavy (non-hydrogen) atoms. The van der Waals surface area contributed by atoms with Crippen LogP contribution in [-0.4, -0.2) is 28.8 Å². The lowest BCUT2D eigenvalue weighted by Gasteiger charge is -2.06. The van der Waals surface area contributed by atoms with Gasteiger partial charge in [-0.05, 0) is 35.4 Å². The number of ether oxygens (including phenoxy) is 2. The monoisotopic (exact) mass is 484 g/mol. The third kappa shape index (κ3) is 5.82. The van der Waals surface area contributed by atoms with Crippen molar-refractivity contribution in [3.05, 3.63) is 71.2 Å². The minimum Gasteiger partial charge on any atom is -0.455 e. The Morgan fingerprint density at radius 2 is 1.00 bits per heavy atom. The third-order valence-electron chi connectivity index (χ3n) is 3.89. The first-order valence-electron chi connectivity index (χ1n) is 8.61. The summed E-state index contributed by atoms with van der Waals surface area (Å²) >= 11 is 0. The Morgan fingerprint density at radius 1 is 0.656 bits per heavy atom. The Labute approximate surface area is 181 Å². The lowest BCUT2D eigenvalue weighted by molar-refractivity contribution is 0.0418. The predicted molar refractivity (Wildman–Crippen MR) is 105 cm³/mol. The van der Waals surface area contributed by atoms with E-state index in [4.69, 9.17) is 28.6 Å². The lowest BCUT2D eigenvalue weighted by atomic mass is 10.1. The molecule has 0 fully saturated rings. The second-order valence-electron chi connectivity index (χ2n) is 6.30. The summed E-state index contributed by atoms with van der Waals surface area (Å²) in [4.78, 5) is 23.9. The topological polar surface area (TPSA) is 199 Å². The number of primary sulfonamides is 2. The average molecular weight is 484 g/mol. The molecule has 0 atom stereocenters. The van der Waals surface area contributed by atoms with E-state index < -0.39 is 42.2 Å². The molecule has 3 aromatic rings. The third-order valence-corrected chi connectivity index (χ3v) is 5.45. The van der Waals surface area contributed by atoms with Gasteiger partial charge in [0.2, 0.25) is 21.7 Å². The molecule has 2 aromatic heterocycles. The van der Waals surface area contributed by atoms with Gasteiger partial charge in [-0.2, -0.15) is 0 Å². The fourth-order valence-electron chi connectivity index (χ4n) is 2.34. The van der Waals surface area contributed by atoms with Gasteiger partial charge in [0, 0.05) is 0 Å². The molecule has 0 aliphatic heterocycles. The van der Waals surface area contributed by atoms with Gasteiger partial charge in [-0.1, -0.05) is 24.3 Å². The number of rotatable bonds is 8. The van der Waals surface area contributed by atoms with Crippen LogP contribution in [0, 0.1) is 0 Å². The SMILES string of the molecule is NS(=O)(=O)c1ccc(C(=O)OCc2ccc(COC(=O)c3ccc(S(N)(=O)=O)o3)cc2)o1. The van der Waals surface area contributed by atoms with Crippen molar-refractivity contribution in [1.82, 2.24) is 0 Å². The van der Waals surface area contributed by atoms with E-state index in [0.29, 0.717) is 11.1 Å². The van der Waals surface area contributed by atoms with Gasteiger partial charge in [-0.25, -0.2) is 36.7 Å². The van der Waals surface area contributed by atoms with Gasteiger partial charge in [0.1, 0.15) is 13.2 Å². The second kappa shape index (κ2) is 8.96. The van der Waals surface area contributed by atoms with Crippen LogP contribution in [0.1, 0.15) is 32.2 Å². The normalized spacial score (nSPS) is 11.8. The van der Waals surface area contributed by atoms with E-state index in [-0.39, 0.29) is 24.7 Å². The minimum absolute atomic E-state index is 0.132. The first kappa shape index (κ1) is 23.2. The quantitative estimate of drug-likeness (QED) is 0.432. The Kier molecular flexibility index (Phi) is 6.50. The summed E-state index contributed by atoms with van der Waals surface area (Å²) in [5.74, 6) is -2.40. The minimum atomic E-state index is -4.07. The van der Waals surface area contributed by atoms with Crippen LogP contribution >= 0.6 is 0 Å². The molecule has 0 saturated carbocycles. The van der Waals surface area contributed by atoms with Gasteiger partial charge in [-0.15, -0.1) is 0 Å². The summed E-state index contributed by atoms with van der Waals surface area (Å²) < 4.78 is 64.4. The van der Waals surface area contributed by atoms with Crippen LogP contribution in [0.4, 0.5) is 0 Å². The summed E-state index contributed by atoms with van der Waals surface area (Å²) in [6.07, 6.45) is 0. The molecule has 4 N–H and O–H groups in total. The highest BCUT2D eigenvalue weighted by Gasteiger charge is 2.19. The van der Waals surface area contributed by atoms with Gasteiger partial charge >= 0.3 is 11.9 Å². The van der Waals surface area contributed by atoms with E-state index in [9.17, 15) is 26.4 Å². The predicted octanol–water partition coefficient (Wildman–Crippen LogP) is 0.881. The summed E-state index contributed by atoms with van der Waals surface area (Å²) in [6.45, 7) is -0.264. The lowest BCUT2D eigenvalue weighted by Crippen LogP contribution is -2.11. The van der Waals surface area contributed by atoms with Crippen molar-refractivity contribution in [1.29, 1.82) is 0 Å². The van der Waals surface area contributed by atoms with Crippen molar-refractivity contribution in [2.45, 2.75) is 23.4 Å². The molecule has 0 spiro atoms. The smallest absolute Gasteiger partial charge is 0.374 e. The maximum Gasteiger partial charge on any atom is 0.374 e. The standard InChI is InChI=1S/C18H16N2O10S2/c19-31(23,24)15-7-5-13(29-15)17(21)27-9-11-1-2-12(4-3-11)10-28-18(22)14-6-8-16(30-14)32(20,25)26/h1-8H,9-10H2,(H2,19,23,24)(H2,20,25,26). The molecule has 0 unspecified atom stereocenters. The molecule has 3 rings (SSSR count). The molecule has 1 aromatic carbocycles. The zero-order valence-electron chi connectivity index (χ0n) is 16.1. The highest BCUT2D eigenvalue weighted by atomic mass is 32.2. The van der Waals surface area contributed by atoms with Gasteiger partial charge in [0.05, 0.1) is 0 Å². The van der Waals surface area contributed by atoms with Crippen LogP contribution in [0.5, 0.6) is 0 Å². The zero-order valence-corrected chi connectivity index (χ0v) is 17.7. The average Bonchev–Trinajstić information content (AvgIpc) is 3.40. The van der Waals surface area contributed by atoms with Crippen LogP contribution in [-0.2, 0) is 42.7 Å². The van der Waals surface area contributed by atoms with Crippen molar-refractivity contribution in [3.8, 4) is 0 Å². The fraction of sp³-hybridized carbons (Fsp3) is 0.111. The Balaban J connectivity index is 1.51. The molecule has 0 radical (unpaired) electrons. The fourth-order valence-corrected chi connectivity index (χ4v) is 3.26. The summed E-state index contributed by atoms with van der Waals surface area (Å²) in [7, 11) is -8.14. The number of sulfonamides is 2. The first-order chi connectivity index (χ1) is 14.9. The molecule has 0 aliphatic rings. The Bertz CT molecular complexity index is 1250. The van der Waals surface area contributed by atoms with E-state index in [1.54, 1.807) is 24.3 Å². The molecular weight excluding hydrogens is 468 g/mol. The molecule has 14 heteroatoms. The largest absolute Gasteiger partial charge is 0.455 e. The number of benzene rings is 1. The van der Waals surface area contributed by atoms with E-state index in [2.05, 4.69) is 0 Å². The van der Waals surface area contributed by atoms with Gasteiger partial charge in [-0.3, -0.25) is 0 Å². The number of hydrogen-bond donors (Lipinski definition) is 2. The van der Waals surface area contributed by atoms with Crippen LogP contribution in [0.15, 0.2) is 67.5 Å². The van der Waals surface area contributed by atoms with Gasteiger partial charge < -0.3 is 18.3 Å². The number of hydrogen-bond acceptors (Lipinski definition) is 10. The molecule has 12 nitrogen and oxygen atoms in total.